The summed E-state index contributed by atoms with van der Waals surface area (Å²) < 4.78 is 50.8. The molecule has 1 amide bonds. The average Bonchev–Trinajstić information content (AvgIpc) is 2.41. The van der Waals surface area contributed by atoms with E-state index < -0.39 is 32.6 Å². The van der Waals surface area contributed by atoms with Gasteiger partial charge < -0.3 is 4.90 Å². The van der Waals surface area contributed by atoms with Gasteiger partial charge in [0.05, 0.1) is 10.2 Å². The largest absolute Gasteiger partial charge is 0.308 e. The molecule has 0 bridgehead atoms. The molecule has 1 heterocycles. The number of halogens is 3. The molecule has 0 saturated heterocycles. The molecule has 2 rings (SSSR count). The molecule has 1 aromatic rings. The third-order valence-corrected chi connectivity index (χ3v) is 5.92. The second-order valence-electron chi connectivity index (χ2n) is 5.05. The van der Waals surface area contributed by atoms with Crippen molar-refractivity contribution in [3.05, 3.63) is 27.7 Å². The van der Waals surface area contributed by atoms with E-state index in [0.29, 0.717) is 24.5 Å². The molecule has 0 fully saturated rings. The monoisotopic (exact) mass is 381 g/mol. The highest BCUT2D eigenvalue weighted by atomic mass is 79.9. The lowest BCUT2D eigenvalue weighted by Crippen LogP contribution is -2.44. The average molecular weight is 382 g/mol. The van der Waals surface area contributed by atoms with Crippen molar-refractivity contribution >= 4 is 37.4 Å². The van der Waals surface area contributed by atoms with Crippen molar-refractivity contribution in [3.8, 4) is 0 Å². The normalized spacial score (nSPS) is 16.5. The van der Waals surface area contributed by atoms with Gasteiger partial charge in [-0.05, 0) is 41.3 Å². The van der Waals surface area contributed by atoms with Gasteiger partial charge in [-0.15, -0.1) is 0 Å². The zero-order valence-corrected chi connectivity index (χ0v) is 13.9. The summed E-state index contributed by atoms with van der Waals surface area (Å²) in [7, 11) is -3.58. The lowest BCUT2D eigenvalue weighted by Gasteiger charge is -2.32. The maximum atomic E-state index is 14.1. The molecular weight excluding hydrogens is 368 g/mol. The van der Waals surface area contributed by atoms with Crippen molar-refractivity contribution in [1.82, 2.24) is 0 Å². The van der Waals surface area contributed by atoms with E-state index in [-0.39, 0.29) is 16.7 Å². The number of benzene rings is 1. The van der Waals surface area contributed by atoms with Crippen LogP contribution in [-0.2, 0) is 21.1 Å². The first kappa shape index (κ1) is 16.4. The highest BCUT2D eigenvalue weighted by molar-refractivity contribution is 9.10. The Morgan fingerprint density at radius 3 is 2.57 bits per heavy atom. The quantitative estimate of drug-likeness (QED) is 0.739. The summed E-state index contributed by atoms with van der Waals surface area (Å²) in [6.45, 7) is 1.48. The number of hydrogen-bond donors (Lipinski definition) is 0. The Balaban J connectivity index is 2.53. The fourth-order valence-electron chi connectivity index (χ4n) is 2.30. The number of carbonyl (C=O) groups excluding carboxylic acids is 1. The topological polar surface area (TPSA) is 54.5 Å². The Morgan fingerprint density at radius 1 is 1.38 bits per heavy atom. The summed E-state index contributed by atoms with van der Waals surface area (Å²) in [5.41, 5.74) is 0.322. The highest BCUT2D eigenvalue weighted by Crippen LogP contribution is 2.37. The van der Waals surface area contributed by atoms with E-state index >= 15 is 0 Å². The maximum Gasteiger partial charge on any atom is 0.245 e. The molecule has 116 valence electrons. The van der Waals surface area contributed by atoms with Gasteiger partial charge in [0.2, 0.25) is 5.91 Å². The van der Waals surface area contributed by atoms with Crippen molar-refractivity contribution in [1.29, 1.82) is 0 Å². The molecule has 4 nitrogen and oxygen atoms in total. The van der Waals surface area contributed by atoms with E-state index in [9.17, 15) is 22.0 Å². The van der Waals surface area contributed by atoms with Crippen molar-refractivity contribution < 1.29 is 22.0 Å². The second kappa shape index (κ2) is 5.64. The number of nitrogens with zero attached hydrogens (tertiary/aromatic N) is 1. The van der Waals surface area contributed by atoms with Gasteiger partial charge in [-0.25, -0.2) is 17.2 Å². The molecule has 0 aromatic heterocycles. The third kappa shape index (κ3) is 2.96. The molecule has 1 aliphatic heterocycles. The highest BCUT2D eigenvalue weighted by Gasteiger charge is 2.34. The molecule has 0 spiro atoms. The van der Waals surface area contributed by atoms with Gasteiger partial charge >= 0.3 is 0 Å². The van der Waals surface area contributed by atoms with Crippen LogP contribution in [-0.4, -0.2) is 32.4 Å². The Hall–Kier alpha value is -1.02. The summed E-state index contributed by atoms with van der Waals surface area (Å²) in [6.07, 6.45) is 1.88. The zero-order valence-electron chi connectivity index (χ0n) is 11.5. The predicted octanol–water partition coefficient (Wildman–Crippen LogP) is 2.44. The molecule has 21 heavy (non-hydrogen) atoms. The fraction of sp³-hybridized carbons (Fsp3) is 0.462. The minimum atomic E-state index is -3.58. The lowest BCUT2D eigenvalue weighted by molar-refractivity contribution is -0.118. The van der Waals surface area contributed by atoms with Crippen molar-refractivity contribution in [2.75, 3.05) is 17.7 Å². The zero-order chi connectivity index (χ0) is 15.9. The molecule has 0 N–H and O–H groups in total. The molecule has 1 aliphatic rings. The molecule has 1 atom stereocenters. The number of amides is 1. The summed E-state index contributed by atoms with van der Waals surface area (Å²) in [5, 5.41) is -1.27. The van der Waals surface area contributed by atoms with Gasteiger partial charge in [0, 0.05) is 18.9 Å². The Morgan fingerprint density at radius 2 is 2.00 bits per heavy atom. The lowest BCUT2D eigenvalue weighted by atomic mass is 10.0. The van der Waals surface area contributed by atoms with Crippen molar-refractivity contribution in [2.45, 2.75) is 25.0 Å². The molecule has 1 unspecified atom stereocenters. The van der Waals surface area contributed by atoms with Gasteiger partial charge in [-0.3, -0.25) is 4.79 Å². The molecule has 8 heteroatoms. The number of anilines is 1. The van der Waals surface area contributed by atoms with Gasteiger partial charge in [-0.1, -0.05) is 0 Å². The second-order valence-corrected chi connectivity index (χ2v) is 8.21. The number of sulfone groups is 1. The Labute approximate surface area is 130 Å². The van der Waals surface area contributed by atoms with Crippen LogP contribution in [0.4, 0.5) is 14.5 Å². The standard InChI is InChI=1S/C13H14BrF2NO3S/c1-7(21(2,19)20)13(18)17-5-3-4-8-11(14)9(15)6-10(16)12(8)17/h6-7H,3-5H2,1-2H3. The van der Waals surface area contributed by atoms with Crippen molar-refractivity contribution in [2.24, 2.45) is 0 Å². The van der Waals surface area contributed by atoms with Crippen LogP contribution in [0.1, 0.15) is 18.9 Å². The van der Waals surface area contributed by atoms with Gasteiger partial charge in [-0.2, -0.15) is 0 Å². The predicted molar refractivity (Wildman–Crippen MR) is 79.0 cm³/mol. The maximum absolute atomic E-state index is 14.1. The smallest absolute Gasteiger partial charge is 0.245 e. The summed E-state index contributed by atoms with van der Waals surface area (Å²) in [6, 6.07) is 0.694. The molecular formula is C13H14BrF2NO3S. The van der Waals surface area contributed by atoms with E-state index in [4.69, 9.17) is 0 Å². The van der Waals surface area contributed by atoms with E-state index in [0.717, 1.165) is 11.2 Å². The van der Waals surface area contributed by atoms with Crippen LogP contribution >= 0.6 is 15.9 Å². The summed E-state index contributed by atoms with van der Waals surface area (Å²) >= 11 is 3.06. The third-order valence-electron chi connectivity index (χ3n) is 3.57. The van der Waals surface area contributed by atoms with Gasteiger partial charge in [0.1, 0.15) is 16.9 Å². The SMILES string of the molecule is CC(C(=O)N1CCCc2c(Br)c(F)cc(F)c21)S(C)(=O)=O. The Kier molecular flexibility index (Phi) is 4.39. The van der Waals surface area contributed by atoms with Crippen LogP contribution in [0, 0.1) is 11.6 Å². The van der Waals surface area contributed by atoms with Crippen LogP contribution < -0.4 is 4.90 Å². The van der Waals surface area contributed by atoms with E-state index in [2.05, 4.69) is 15.9 Å². The minimum absolute atomic E-state index is 0.0324. The summed E-state index contributed by atoms with van der Waals surface area (Å²) in [5.74, 6) is -2.30. The van der Waals surface area contributed by atoms with E-state index in [1.54, 1.807) is 0 Å². The molecule has 0 radical (unpaired) electrons. The molecule has 0 saturated carbocycles. The van der Waals surface area contributed by atoms with E-state index in [1.165, 1.54) is 6.92 Å². The van der Waals surface area contributed by atoms with Crippen molar-refractivity contribution in [3.63, 3.8) is 0 Å². The Bertz CT molecular complexity index is 706. The molecule has 0 aliphatic carbocycles. The first-order valence-corrected chi connectivity index (χ1v) is 9.06. The summed E-state index contributed by atoms with van der Waals surface area (Å²) in [4.78, 5) is 13.4. The number of fused-ring (bicyclic) bond motifs is 1. The number of rotatable bonds is 2. The van der Waals surface area contributed by atoms with Crippen LogP contribution in [0.3, 0.4) is 0 Å². The van der Waals surface area contributed by atoms with Crippen LogP contribution in [0.5, 0.6) is 0 Å². The minimum Gasteiger partial charge on any atom is -0.308 e. The van der Waals surface area contributed by atoms with E-state index in [1.807, 2.05) is 0 Å². The number of carbonyl (C=O) groups is 1. The van der Waals surface area contributed by atoms with Crippen LogP contribution in [0.25, 0.3) is 0 Å². The first-order chi connectivity index (χ1) is 9.64. The molecule has 1 aromatic carbocycles. The van der Waals surface area contributed by atoms with Gasteiger partial charge in [0.25, 0.3) is 0 Å². The van der Waals surface area contributed by atoms with Crippen LogP contribution in [0.2, 0.25) is 0 Å². The number of hydrogen-bond acceptors (Lipinski definition) is 3. The van der Waals surface area contributed by atoms with Gasteiger partial charge in [0.15, 0.2) is 9.84 Å². The van der Waals surface area contributed by atoms with Crippen LogP contribution in [0.15, 0.2) is 10.5 Å². The fourth-order valence-corrected chi connectivity index (χ4v) is 3.30. The first-order valence-electron chi connectivity index (χ1n) is 6.31.